The normalized spacial score (nSPS) is 15.9. The van der Waals surface area contributed by atoms with Crippen LogP contribution in [0.15, 0.2) is 54.3 Å². The van der Waals surface area contributed by atoms with E-state index in [9.17, 15) is 13.2 Å². The zero-order valence-electron chi connectivity index (χ0n) is 16.0. The van der Waals surface area contributed by atoms with Gasteiger partial charge in [0.1, 0.15) is 18.2 Å². The fraction of sp³-hybridized carbons (Fsp3) is 0.250. The molecule has 158 valence electrons. The first-order valence-electron chi connectivity index (χ1n) is 9.23. The van der Waals surface area contributed by atoms with Gasteiger partial charge in [-0.1, -0.05) is 0 Å². The number of hydrogen-bond donors (Lipinski definition) is 5. The van der Waals surface area contributed by atoms with Crippen LogP contribution >= 0.6 is 0 Å². The molecule has 7 nitrogen and oxygen atoms in total. The van der Waals surface area contributed by atoms with E-state index >= 15 is 0 Å². The average molecular weight is 417 g/mol. The standard InChI is InChI=1S/C20H22F3N7/c21-20(22,23)11-27-9-15(8-25)14-5-17-16(28-10-14)3-4-19(29-17)30-18(26)6-13(7-24)12-1-2-12/h3-10,12,25,27H,1-2,11,24,26H2,(H,29,30)/b13-7+,15-9+,18-6+,25-8?. The maximum absolute atomic E-state index is 12.3. The Morgan fingerprint density at radius 3 is 2.67 bits per heavy atom. The van der Waals surface area contributed by atoms with Gasteiger partial charge in [-0.3, -0.25) is 4.98 Å². The van der Waals surface area contributed by atoms with E-state index in [-0.39, 0.29) is 5.57 Å². The third kappa shape index (κ3) is 5.72. The average Bonchev–Trinajstić information content (AvgIpc) is 3.53. The van der Waals surface area contributed by atoms with Crippen LogP contribution in [0.25, 0.3) is 16.6 Å². The van der Waals surface area contributed by atoms with Crippen molar-refractivity contribution in [3.63, 3.8) is 0 Å². The number of nitrogens with zero attached hydrogens (tertiary/aromatic N) is 2. The molecule has 0 bridgehead atoms. The number of halogens is 3. The van der Waals surface area contributed by atoms with E-state index < -0.39 is 12.7 Å². The molecule has 0 aliphatic heterocycles. The monoisotopic (exact) mass is 417 g/mol. The highest BCUT2D eigenvalue weighted by Crippen LogP contribution is 2.36. The van der Waals surface area contributed by atoms with Crippen molar-refractivity contribution in [2.45, 2.75) is 19.0 Å². The highest BCUT2D eigenvalue weighted by atomic mass is 19.4. The quantitative estimate of drug-likeness (QED) is 0.332. The molecule has 2 aromatic heterocycles. The molecule has 10 heteroatoms. The van der Waals surface area contributed by atoms with Crippen LogP contribution in [-0.4, -0.2) is 28.9 Å². The first-order chi connectivity index (χ1) is 14.3. The van der Waals surface area contributed by atoms with Gasteiger partial charge in [-0.2, -0.15) is 13.2 Å². The van der Waals surface area contributed by atoms with Gasteiger partial charge in [0.2, 0.25) is 0 Å². The van der Waals surface area contributed by atoms with Gasteiger partial charge < -0.3 is 27.5 Å². The van der Waals surface area contributed by atoms with Gasteiger partial charge in [0, 0.05) is 29.7 Å². The first-order valence-corrected chi connectivity index (χ1v) is 9.23. The number of nitrogens with two attached hydrogens (primary N) is 2. The number of anilines is 1. The van der Waals surface area contributed by atoms with Crippen LogP contribution in [0.3, 0.4) is 0 Å². The predicted octanol–water partition coefficient (Wildman–Crippen LogP) is 3.24. The van der Waals surface area contributed by atoms with Crippen molar-refractivity contribution in [2.24, 2.45) is 17.4 Å². The fourth-order valence-electron chi connectivity index (χ4n) is 2.80. The minimum atomic E-state index is -4.35. The summed E-state index contributed by atoms with van der Waals surface area (Å²) >= 11 is 0. The van der Waals surface area contributed by atoms with E-state index in [0.29, 0.717) is 34.2 Å². The predicted molar refractivity (Wildman–Crippen MR) is 111 cm³/mol. The summed E-state index contributed by atoms with van der Waals surface area (Å²) in [6.45, 7) is -1.19. The molecule has 30 heavy (non-hydrogen) atoms. The maximum atomic E-state index is 12.3. The second-order valence-electron chi connectivity index (χ2n) is 6.86. The lowest BCUT2D eigenvalue weighted by molar-refractivity contribution is -0.122. The molecule has 2 aromatic rings. The highest BCUT2D eigenvalue weighted by molar-refractivity contribution is 6.08. The number of alkyl halides is 3. The van der Waals surface area contributed by atoms with Crippen molar-refractivity contribution < 1.29 is 13.2 Å². The molecular weight excluding hydrogens is 395 g/mol. The Morgan fingerprint density at radius 1 is 1.27 bits per heavy atom. The molecule has 0 spiro atoms. The van der Waals surface area contributed by atoms with Gasteiger partial charge in [0.15, 0.2) is 0 Å². The summed E-state index contributed by atoms with van der Waals surface area (Å²) in [5, 5.41) is 12.6. The molecule has 2 heterocycles. The molecule has 3 rings (SSSR count). The molecule has 0 atom stereocenters. The Kier molecular flexibility index (Phi) is 6.24. The minimum absolute atomic E-state index is 0.246. The molecule has 7 N–H and O–H groups in total. The minimum Gasteiger partial charge on any atom is -0.404 e. The van der Waals surface area contributed by atoms with Gasteiger partial charge in [0.25, 0.3) is 0 Å². The van der Waals surface area contributed by atoms with Gasteiger partial charge in [-0.25, -0.2) is 4.98 Å². The number of aromatic nitrogens is 2. The van der Waals surface area contributed by atoms with Crippen LogP contribution in [0.1, 0.15) is 18.4 Å². The number of allylic oxidation sites excluding steroid dienone is 3. The van der Waals surface area contributed by atoms with Crippen molar-refractivity contribution in [1.29, 1.82) is 5.41 Å². The van der Waals surface area contributed by atoms with Crippen molar-refractivity contribution in [3.05, 3.63) is 59.8 Å². The van der Waals surface area contributed by atoms with E-state index in [2.05, 4.69) is 20.6 Å². The molecule has 1 aliphatic rings. The van der Waals surface area contributed by atoms with Crippen LogP contribution in [0.2, 0.25) is 0 Å². The van der Waals surface area contributed by atoms with Gasteiger partial charge >= 0.3 is 6.18 Å². The number of fused-ring (bicyclic) bond motifs is 1. The van der Waals surface area contributed by atoms with Crippen LogP contribution in [0.5, 0.6) is 0 Å². The lowest BCUT2D eigenvalue weighted by Gasteiger charge is -2.09. The Bertz CT molecular complexity index is 1020. The summed E-state index contributed by atoms with van der Waals surface area (Å²) in [6, 6.07) is 5.11. The molecule has 0 saturated heterocycles. The highest BCUT2D eigenvalue weighted by Gasteiger charge is 2.26. The Balaban J connectivity index is 1.80. The van der Waals surface area contributed by atoms with Crippen molar-refractivity contribution in [2.75, 3.05) is 11.9 Å². The molecule has 0 aromatic carbocycles. The largest absolute Gasteiger partial charge is 0.405 e. The lowest BCUT2D eigenvalue weighted by Crippen LogP contribution is -2.25. The zero-order valence-corrected chi connectivity index (χ0v) is 16.0. The van der Waals surface area contributed by atoms with Crippen LogP contribution in [-0.2, 0) is 0 Å². The number of nitrogens with one attached hydrogen (secondary N) is 3. The first kappa shape index (κ1) is 21.2. The van der Waals surface area contributed by atoms with E-state index in [1.807, 2.05) is 0 Å². The second-order valence-corrected chi connectivity index (χ2v) is 6.86. The summed E-state index contributed by atoms with van der Waals surface area (Å²) in [7, 11) is 0. The summed E-state index contributed by atoms with van der Waals surface area (Å²) in [6.07, 6.45) is 4.73. The SMILES string of the molecule is N=C/C(=C\NCC(F)(F)F)c1cnc2ccc(N/C(N)=C/C(=C\N)C3CC3)nc2c1. The molecule has 1 saturated carbocycles. The van der Waals surface area contributed by atoms with Crippen LogP contribution in [0, 0.1) is 11.3 Å². The molecule has 0 amide bonds. The van der Waals surface area contributed by atoms with Gasteiger partial charge in [-0.05, 0) is 54.8 Å². The van der Waals surface area contributed by atoms with Crippen LogP contribution < -0.4 is 22.1 Å². The van der Waals surface area contributed by atoms with Crippen molar-refractivity contribution in [3.8, 4) is 0 Å². The summed E-state index contributed by atoms with van der Waals surface area (Å²) in [5.74, 6) is 1.33. The molecule has 0 radical (unpaired) electrons. The summed E-state index contributed by atoms with van der Waals surface area (Å²) in [4.78, 5) is 8.72. The van der Waals surface area contributed by atoms with E-state index in [4.69, 9.17) is 16.9 Å². The van der Waals surface area contributed by atoms with Gasteiger partial charge in [0.05, 0.1) is 11.0 Å². The third-order valence-electron chi connectivity index (χ3n) is 4.42. The third-order valence-corrected chi connectivity index (χ3v) is 4.42. The van der Waals surface area contributed by atoms with Gasteiger partial charge in [-0.15, -0.1) is 0 Å². The lowest BCUT2D eigenvalue weighted by atomic mass is 10.1. The second kappa shape index (κ2) is 8.85. The Hall–Kier alpha value is -3.56. The maximum Gasteiger partial charge on any atom is 0.405 e. The van der Waals surface area contributed by atoms with E-state index in [1.54, 1.807) is 30.5 Å². The smallest absolute Gasteiger partial charge is 0.404 e. The van der Waals surface area contributed by atoms with E-state index in [1.165, 1.54) is 6.20 Å². The summed E-state index contributed by atoms with van der Waals surface area (Å²) in [5.41, 5.74) is 14.5. The van der Waals surface area contributed by atoms with Crippen molar-refractivity contribution >= 4 is 28.6 Å². The number of pyridine rings is 2. The number of rotatable bonds is 8. The topological polar surface area (TPSA) is 126 Å². The summed E-state index contributed by atoms with van der Waals surface area (Å²) < 4.78 is 36.9. The molecule has 0 unspecified atom stereocenters. The Labute approximate surface area is 171 Å². The molecular formula is C20H22F3N7. The number of hydrogen-bond acceptors (Lipinski definition) is 7. The molecule has 1 aliphatic carbocycles. The van der Waals surface area contributed by atoms with E-state index in [0.717, 1.165) is 30.8 Å². The zero-order chi connectivity index (χ0) is 21.7. The fourth-order valence-corrected chi connectivity index (χ4v) is 2.80. The Morgan fingerprint density at radius 2 is 2.03 bits per heavy atom. The van der Waals surface area contributed by atoms with Crippen molar-refractivity contribution in [1.82, 2.24) is 15.3 Å². The molecule has 1 fully saturated rings. The van der Waals surface area contributed by atoms with Crippen LogP contribution in [0.4, 0.5) is 19.0 Å².